The van der Waals surface area contributed by atoms with Crippen molar-refractivity contribution >= 4 is 11.5 Å². The molecule has 1 aliphatic carbocycles. The van der Waals surface area contributed by atoms with E-state index < -0.39 is 0 Å². The second kappa shape index (κ2) is 4.15. The van der Waals surface area contributed by atoms with E-state index in [1.165, 1.54) is 24.1 Å². The van der Waals surface area contributed by atoms with E-state index in [0.29, 0.717) is 6.04 Å². The lowest BCUT2D eigenvalue weighted by molar-refractivity contribution is 0.0950. The maximum Gasteiger partial charge on any atom is 0.179 e. The highest BCUT2D eigenvalue weighted by atomic mass is 16.1. The van der Waals surface area contributed by atoms with Crippen LogP contribution in [0.1, 0.15) is 35.7 Å². The average Bonchev–Trinajstić information content (AvgIpc) is 3.02. The number of anilines is 1. The lowest BCUT2D eigenvalue weighted by Gasteiger charge is -2.12. The zero-order valence-corrected chi connectivity index (χ0v) is 10.1. The molecule has 2 aliphatic rings. The molecule has 3 heteroatoms. The van der Waals surface area contributed by atoms with Crippen LogP contribution < -0.4 is 10.6 Å². The predicted molar refractivity (Wildman–Crippen MR) is 68.6 cm³/mol. The number of ketones is 1. The minimum Gasteiger partial charge on any atom is -0.384 e. The Morgan fingerprint density at radius 1 is 1.47 bits per heavy atom. The van der Waals surface area contributed by atoms with Crippen LogP contribution >= 0.6 is 0 Å². The van der Waals surface area contributed by atoms with Gasteiger partial charge in [0.15, 0.2) is 5.78 Å². The van der Waals surface area contributed by atoms with Gasteiger partial charge in [0, 0.05) is 23.8 Å². The van der Waals surface area contributed by atoms with E-state index in [0.717, 1.165) is 18.5 Å². The normalized spacial score (nSPS) is 19.6. The van der Waals surface area contributed by atoms with Crippen molar-refractivity contribution < 1.29 is 4.79 Å². The molecule has 3 rings (SSSR count). The summed E-state index contributed by atoms with van der Waals surface area (Å²) in [5.74, 6) is 0.214. The van der Waals surface area contributed by atoms with Gasteiger partial charge in [0.25, 0.3) is 0 Å². The fraction of sp³-hybridized carbons (Fsp3) is 0.500. The fourth-order valence-corrected chi connectivity index (χ4v) is 2.39. The third-order valence-electron chi connectivity index (χ3n) is 3.56. The molecule has 17 heavy (non-hydrogen) atoms. The third-order valence-corrected chi connectivity index (χ3v) is 3.56. The zero-order chi connectivity index (χ0) is 11.8. The smallest absolute Gasteiger partial charge is 0.179 e. The molecule has 1 aromatic carbocycles. The van der Waals surface area contributed by atoms with Gasteiger partial charge in [-0.05, 0) is 49.9 Å². The van der Waals surface area contributed by atoms with Gasteiger partial charge in [-0.15, -0.1) is 0 Å². The Balaban J connectivity index is 1.76. The Kier molecular flexibility index (Phi) is 2.63. The minimum absolute atomic E-state index is 0.0603. The van der Waals surface area contributed by atoms with Crippen LogP contribution in [0.3, 0.4) is 0 Å². The average molecular weight is 230 g/mol. The molecule has 1 aromatic rings. The quantitative estimate of drug-likeness (QED) is 0.777. The van der Waals surface area contributed by atoms with Crippen LogP contribution in [-0.4, -0.2) is 24.4 Å². The van der Waals surface area contributed by atoms with E-state index in [1.54, 1.807) is 0 Å². The van der Waals surface area contributed by atoms with Gasteiger partial charge < -0.3 is 10.6 Å². The number of carbonyl (C=O) groups is 1. The number of benzene rings is 1. The molecule has 1 fully saturated rings. The van der Waals surface area contributed by atoms with E-state index in [-0.39, 0.29) is 11.8 Å². The highest BCUT2D eigenvalue weighted by Crippen LogP contribution is 2.24. The summed E-state index contributed by atoms with van der Waals surface area (Å²) in [6.45, 7) is 2.95. The van der Waals surface area contributed by atoms with Crippen LogP contribution in [0.4, 0.5) is 5.69 Å². The van der Waals surface area contributed by atoms with Crippen LogP contribution in [-0.2, 0) is 6.42 Å². The largest absolute Gasteiger partial charge is 0.384 e. The number of hydrogen-bond donors (Lipinski definition) is 2. The van der Waals surface area contributed by atoms with Gasteiger partial charge in [0.1, 0.15) is 0 Å². The molecule has 1 aliphatic heterocycles. The third kappa shape index (κ3) is 2.20. The Labute approximate surface area is 102 Å². The highest BCUT2D eigenvalue weighted by molar-refractivity contribution is 6.00. The molecule has 1 saturated carbocycles. The molecular formula is C14H18N2O. The number of Topliss-reactive ketones (excluding diaryl/α,β-unsaturated/α-hetero) is 1. The molecule has 0 radical (unpaired) electrons. The zero-order valence-electron chi connectivity index (χ0n) is 10.1. The van der Waals surface area contributed by atoms with Crippen LogP contribution in [0.15, 0.2) is 18.2 Å². The SMILES string of the molecule is CC(NC1CC1)C(=O)c1ccc2c(c1)CCN2. The first-order chi connectivity index (χ1) is 8.24. The van der Waals surface area contributed by atoms with Crippen LogP contribution in [0, 0.1) is 0 Å². The molecule has 0 bridgehead atoms. The molecule has 0 amide bonds. The summed E-state index contributed by atoms with van der Waals surface area (Å²) in [6, 6.07) is 6.52. The molecule has 0 spiro atoms. The van der Waals surface area contributed by atoms with Crippen LogP contribution in [0.5, 0.6) is 0 Å². The summed E-state index contributed by atoms with van der Waals surface area (Å²) in [5.41, 5.74) is 3.30. The maximum absolute atomic E-state index is 12.2. The van der Waals surface area contributed by atoms with Crippen LogP contribution in [0.25, 0.3) is 0 Å². The van der Waals surface area contributed by atoms with Gasteiger partial charge in [0.05, 0.1) is 6.04 Å². The molecule has 90 valence electrons. The van der Waals surface area contributed by atoms with Crippen molar-refractivity contribution in [1.82, 2.24) is 5.32 Å². The maximum atomic E-state index is 12.2. The van der Waals surface area contributed by atoms with Gasteiger partial charge >= 0.3 is 0 Å². The topological polar surface area (TPSA) is 41.1 Å². The lowest BCUT2D eigenvalue weighted by atomic mass is 10.0. The number of fused-ring (bicyclic) bond motifs is 1. The molecule has 3 nitrogen and oxygen atoms in total. The molecule has 1 atom stereocenters. The van der Waals surface area contributed by atoms with Crippen LogP contribution in [0.2, 0.25) is 0 Å². The van der Waals surface area contributed by atoms with E-state index >= 15 is 0 Å². The second-order valence-electron chi connectivity index (χ2n) is 5.08. The van der Waals surface area contributed by atoms with E-state index in [9.17, 15) is 4.79 Å². The molecule has 2 N–H and O–H groups in total. The molecule has 1 unspecified atom stereocenters. The number of rotatable bonds is 4. The summed E-state index contributed by atoms with van der Waals surface area (Å²) in [7, 11) is 0. The van der Waals surface area contributed by atoms with Crippen molar-refractivity contribution in [3.8, 4) is 0 Å². The van der Waals surface area contributed by atoms with Gasteiger partial charge in [0.2, 0.25) is 0 Å². The molecular weight excluding hydrogens is 212 g/mol. The van der Waals surface area contributed by atoms with Crippen molar-refractivity contribution in [3.63, 3.8) is 0 Å². The van der Waals surface area contributed by atoms with Crippen molar-refractivity contribution in [2.24, 2.45) is 0 Å². The van der Waals surface area contributed by atoms with E-state index in [2.05, 4.69) is 10.6 Å². The van der Waals surface area contributed by atoms with Gasteiger partial charge in [-0.2, -0.15) is 0 Å². The van der Waals surface area contributed by atoms with Gasteiger partial charge in [-0.25, -0.2) is 0 Å². The standard InChI is InChI=1S/C14H18N2O/c1-9(16-12-3-4-12)14(17)11-2-5-13-10(8-11)6-7-15-13/h2,5,8-9,12,15-16H,3-4,6-7H2,1H3. The first-order valence-corrected chi connectivity index (χ1v) is 6.41. The fourth-order valence-electron chi connectivity index (χ4n) is 2.39. The Bertz CT molecular complexity index is 452. The highest BCUT2D eigenvalue weighted by Gasteiger charge is 2.26. The number of nitrogens with one attached hydrogen (secondary N) is 2. The van der Waals surface area contributed by atoms with Crippen molar-refractivity contribution in [2.75, 3.05) is 11.9 Å². The molecule has 1 heterocycles. The second-order valence-corrected chi connectivity index (χ2v) is 5.08. The van der Waals surface area contributed by atoms with E-state index in [1.807, 2.05) is 25.1 Å². The number of carbonyl (C=O) groups excluding carboxylic acids is 1. The van der Waals surface area contributed by atoms with Gasteiger partial charge in [-0.1, -0.05) is 0 Å². The monoisotopic (exact) mass is 230 g/mol. The molecule has 0 saturated heterocycles. The Hall–Kier alpha value is -1.35. The summed E-state index contributed by atoms with van der Waals surface area (Å²) < 4.78 is 0. The van der Waals surface area contributed by atoms with Gasteiger partial charge in [-0.3, -0.25) is 4.79 Å². The number of hydrogen-bond acceptors (Lipinski definition) is 3. The summed E-state index contributed by atoms with van der Waals surface area (Å²) >= 11 is 0. The summed E-state index contributed by atoms with van der Waals surface area (Å²) in [5, 5.41) is 6.67. The Morgan fingerprint density at radius 2 is 2.29 bits per heavy atom. The van der Waals surface area contributed by atoms with Crippen molar-refractivity contribution in [2.45, 2.75) is 38.3 Å². The van der Waals surface area contributed by atoms with Crippen molar-refractivity contribution in [1.29, 1.82) is 0 Å². The Morgan fingerprint density at radius 3 is 3.06 bits per heavy atom. The minimum atomic E-state index is -0.0603. The van der Waals surface area contributed by atoms with E-state index in [4.69, 9.17) is 0 Å². The lowest BCUT2D eigenvalue weighted by Crippen LogP contribution is -2.35. The first kappa shape index (κ1) is 10.8. The predicted octanol–water partition coefficient (Wildman–Crippen LogP) is 1.98. The van der Waals surface area contributed by atoms with Crippen molar-refractivity contribution in [3.05, 3.63) is 29.3 Å². The summed E-state index contributed by atoms with van der Waals surface area (Å²) in [4.78, 5) is 12.2. The molecule has 0 aromatic heterocycles. The summed E-state index contributed by atoms with van der Waals surface area (Å²) in [6.07, 6.45) is 3.46. The first-order valence-electron chi connectivity index (χ1n) is 6.41.